The lowest BCUT2D eigenvalue weighted by molar-refractivity contribution is 0.0526. The van der Waals surface area contributed by atoms with Gasteiger partial charge in [-0.1, -0.05) is 0 Å². The maximum absolute atomic E-state index is 13.1. The summed E-state index contributed by atoms with van der Waals surface area (Å²) in [6.07, 6.45) is 0. The summed E-state index contributed by atoms with van der Waals surface area (Å²) in [5, 5.41) is 0. The fraction of sp³-hybridized carbons (Fsp3) is 0.267. The van der Waals surface area contributed by atoms with Gasteiger partial charge in [0.2, 0.25) is 0 Å². The lowest BCUT2D eigenvalue weighted by Gasteiger charge is -2.11. The molecule has 2 N–H and O–H groups in total. The number of esters is 1. The van der Waals surface area contributed by atoms with E-state index in [-0.39, 0.29) is 23.8 Å². The van der Waals surface area contributed by atoms with Crippen molar-refractivity contribution in [1.82, 2.24) is 9.97 Å². The van der Waals surface area contributed by atoms with Crippen molar-refractivity contribution in [3.63, 3.8) is 0 Å². The van der Waals surface area contributed by atoms with Crippen molar-refractivity contribution < 1.29 is 13.9 Å². The number of nitrogens with zero attached hydrogens (tertiary/aromatic N) is 2. The van der Waals surface area contributed by atoms with Gasteiger partial charge in [-0.05, 0) is 44.5 Å². The Labute approximate surface area is 122 Å². The van der Waals surface area contributed by atoms with Gasteiger partial charge in [0.25, 0.3) is 0 Å². The van der Waals surface area contributed by atoms with Crippen molar-refractivity contribution in [1.29, 1.82) is 0 Å². The molecule has 110 valence electrons. The largest absolute Gasteiger partial charge is 0.462 e. The zero-order valence-corrected chi connectivity index (χ0v) is 12.1. The molecule has 0 aliphatic rings. The molecule has 0 bridgehead atoms. The summed E-state index contributed by atoms with van der Waals surface area (Å²) >= 11 is 0. The Balaban J connectivity index is 2.51. The molecular formula is C15H16FN3O2. The molecule has 0 atom stereocenters. The Kier molecular flexibility index (Phi) is 4.16. The topological polar surface area (TPSA) is 78.1 Å². The van der Waals surface area contributed by atoms with Gasteiger partial charge in [0, 0.05) is 5.56 Å². The van der Waals surface area contributed by atoms with E-state index in [1.807, 2.05) is 0 Å². The summed E-state index contributed by atoms with van der Waals surface area (Å²) in [4.78, 5) is 20.2. The first-order chi connectivity index (χ1) is 9.93. The van der Waals surface area contributed by atoms with E-state index in [4.69, 9.17) is 10.5 Å². The minimum absolute atomic E-state index is 0.0553. The number of rotatable bonds is 3. The van der Waals surface area contributed by atoms with E-state index >= 15 is 0 Å². The van der Waals surface area contributed by atoms with Gasteiger partial charge in [-0.3, -0.25) is 0 Å². The monoisotopic (exact) mass is 289 g/mol. The second-order valence-electron chi connectivity index (χ2n) is 4.57. The molecule has 5 nitrogen and oxygen atoms in total. The predicted octanol–water partition coefficient (Wildman–Crippen LogP) is 2.66. The van der Waals surface area contributed by atoms with Gasteiger partial charge in [-0.15, -0.1) is 0 Å². The Hall–Kier alpha value is -2.50. The van der Waals surface area contributed by atoms with E-state index in [0.29, 0.717) is 22.6 Å². The maximum Gasteiger partial charge on any atom is 0.343 e. The molecule has 1 aromatic carbocycles. The van der Waals surface area contributed by atoms with Gasteiger partial charge in [0.1, 0.15) is 17.2 Å². The van der Waals surface area contributed by atoms with Crippen LogP contribution in [-0.2, 0) is 4.74 Å². The highest BCUT2D eigenvalue weighted by atomic mass is 19.1. The third kappa shape index (κ3) is 2.99. The van der Waals surface area contributed by atoms with Crippen LogP contribution in [0.2, 0.25) is 0 Å². The van der Waals surface area contributed by atoms with Crippen molar-refractivity contribution in [3.05, 3.63) is 40.8 Å². The number of nitrogens with two attached hydrogens (primary N) is 1. The van der Waals surface area contributed by atoms with Gasteiger partial charge in [-0.2, -0.15) is 0 Å². The molecule has 0 fully saturated rings. The fourth-order valence-corrected chi connectivity index (χ4v) is 2.05. The Morgan fingerprint density at radius 3 is 2.62 bits per heavy atom. The minimum Gasteiger partial charge on any atom is -0.462 e. The first-order valence-electron chi connectivity index (χ1n) is 6.51. The van der Waals surface area contributed by atoms with Gasteiger partial charge in [0.15, 0.2) is 5.82 Å². The number of anilines is 1. The molecular weight excluding hydrogens is 273 g/mol. The maximum atomic E-state index is 13.1. The first-order valence-corrected chi connectivity index (χ1v) is 6.51. The number of benzene rings is 1. The normalized spacial score (nSPS) is 10.5. The second kappa shape index (κ2) is 5.87. The van der Waals surface area contributed by atoms with Gasteiger partial charge >= 0.3 is 5.97 Å². The smallest absolute Gasteiger partial charge is 0.343 e. The Morgan fingerprint density at radius 1 is 1.33 bits per heavy atom. The zero-order chi connectivity index (χ0) is 15.6. The quantitative estimate of drug-likeness (QED) is 0.879. The van der Waals surface area contributed by atoms with Crippen LogP contribution in [0.5, 0.6) is 0 Å². The SMILES string of the molecule is CCOC(=O)c1c(C)nc(-c2ccc(F)cc2C)nc1N. The first kappa shape index (κ1) is 14.9. The van der Waals surface area contributed by atoms with E-state index in [1.54, 1.807) is 26.8 Å². The molecule has 0 saturated carbocycles. The van der Waals surface area contributed by atoms with Crippen LogP contribution in [-0.4, -0.2) is 22.5 Å². The number of aryl methyl sites for hydroxylation is 2. The highest BCUT2D eigenvalue weighted by Gasteiger charge is 2.19. The van der Waals surface area contributed by atoms with E-state index in [0.717, 1.165) is 0 Å². The highest BCUT2D eigenvalue weighted by Crippen LogP contribution is 2.24. The molecule has 0 radical (unpaired) electrons. The molecule has 2 aromatic rings. The second-order valence-corrected chi connectivity index (χ2v) is 4.57. The molecule has 0 spiro atoms. The molecule has 0 aliphatic heterocycles. The average Bonchev–Trinajstić information content (AvgIpc) is 2.37. The molecule has 21 heavy (non-hydrogen) atoms. The molecule has 1 aromatic heterocycles. The van der Waals surface area contributed by atoms with Crippen LogP contribution in [0, 0.1) is 19.7 Å². The van der Waals surface area contributed by atoms with Crippen LogP contribution >= 0.6 is 0 Å². The zero-order valence-electron chi connectivity index (χ0n) is 12.1. The van der Waals surface area contributed by atoms with Crippen molar-refractivity contribution >= 4 is 11.8 Å². The minimum atomic E-state index is -0.546. The summed E-state index contributed by atoms with van der Waals surface area (Å²) in [6.45, 7) is 5.37. The van der Waals surface area contributed by atoms with Crippen molar-refractivity contribution in [2.75, 3.05) is 12.3 Å². The number of hydrogen-bond acceptors (Lipinski definition) is 5. The number of halogens is 1. The predicted molar refractivity (Wildman–Crippen MR) is 77.3 cm³/mol. The van der Waals surface area contributed by atoms with E-state index in [9.17, 15) is 9.18 Å². The molecule has 0 saturated heterocycles. The molecule has 2 rings (SSSR count). The summed E-state index contributed by atoms with van der Waals surface area (Å²) in [6, 6.07) is 4.31. The number of aromatic nitrogens is 2. The number of nitrogen functional groups attached to an aromatic ring is 1. The van der Waals surface area contributed by atoms with Crippen LogP contribution in [0.1, 0.15) is 28.5 Å². The standard InChI is InChI=1S/C15H16FN3O2/c1-4-21-15(20)12-9(3)18-14(19-13(12)17)11-6-5-10(16)7-8(11)2/h5-7H,4H2,1-3H3,(H2,17,18,19). The number of carbonyl (C=O) groups is 1. The molecule has 0 amide bonds. The van der Waals surface area contributed by atoms with E-state index in [2.05, 4.69) is 9.97 Å². The Bertz CT molecular complexity index is 678. The van der Waals surface area contributed by atoms with Gasteiger partial charge in [-0.25, -0.2) is 19.2 Å². The highest BCUT2D eigenvalue weighted by molar-refractivity contribution is 5.95. The van der Waals surface area contributed by atoms with E-state index in [1.165, 1.54) is 12.1 Å². The number of ether oxygens (including phenoxy) is 1. The summed E-state index contributed by atoms with van der Waals surface area (Å²) < 4.78 is 18.1. The average molecular weight is 289 g/mol. The molecule has 6 heteroatoms. The van der Waals surface area contributed by atoms with Crippen LogP contribution in [0.25, 0.3) is 11.4 Å². The summed E-state index contributed by atoms with van der Waals surface area (Å²) in [7, 11) is 0. The van der Waals surface area contributed by atoms with Crippen molar-refractivity contribution in [2.24, 2.45) is 0 Å². The fourth-order valence-electron chi connectivity index (χ4n) is 2.05. The number of hydrogen-bond donors (Lipinski definition) is 1. The number of carbonyl (C=O) groups excluding carboxylic acids is 1. The lowest BCUT2D eigenvalue weighted by Crippen LogP contribution is -2.13. The van der Waals surface area contributed by atoms with Gasteiger partial charge in [0.05, 0.1) is 12.3 Å². The van der Waals surface area contributed by atoms with E-state index < -0.39 is 5.97 Å². The third-order valence-electron chi connectivity index (χ3n) is 3.03. The summed E-state index contributed by atoms with van der Waals surface area (Å²) in [5.41, 5.74) is 7.80. The van der Waals surface area contributed by atoms with Gasteiger partial charge < -0.3 is 10.5 Å². The van der Waals surface area contributed by atoms with Crippen LogP contribution in [0.3, 0.4) is 0 Å². The van der Waals surface area contributed by atoms with Crippen LogP contribution in [0.15, 0.2) is 18.2 Å². The third-order valence-corrected chi connectivity index (χ3v) is 3.03. The Morgan fingerprint density at radius 2 is 2.05 bits per heavy atom. The van der Waals surface area contributed by atoms with Crippen LogP contribution < -0.4 is 5.73 Å². The lowest BCUT2D eigenvalue weighted by atomic mass is 10.1. The molecule has 0 unspecified atom stereocenters. The summed E-state index contributed by atoms with van der Waals surface area (Å²) in [5.74, 6) is -0.464. The molecule has 1 heterocycles. The van der Waals surface area contributed by atoms with Crippen LogP contribution in [0.4, 0.5) is 10.2 Å². The molecule has 0 aliphatic carbocycles. The van der Waals surface area contributed by atoms with Crippen molar-refractivity contribution in [2.45, 2.75) is 20.8 Å². The van der Waals surface area contributed by atoms with Crippen molar-refractivity contribution in [3.8, 4) is 11.4 Å².